The van der Waals surface area contributed by atoms with Crippen molar-refractivity contribution in [2.75, 3.05) is 5.75 Å². The maximum absolute atomic E-state index is 11.8. The molecule has 1 heterocycles. The number of rotatable bonds is 4. The number of hydrogen-bond acceptors (Lipinski definition) is 4. The average Bonchev–Trinajstić information content (AvgIpc) is 2.62. The summed E-state index contributed by atoms with van der Waals surface area (Å²) in [5, 5.41) is -0.443. The minimum absolute atomic E-state index is 0.0648. The number of sulfone groups is 1. The van der Waals surface area contributed by atoms with E-state index in [1.165, 1.54) is 4.57 Å². The third-order valence-electron chi connectivity index (χ3n) is 2.95. The predicted octanol–water partition coefficient (Wildman–Crippen LogP) is 2.02. The molecule has 0 unspecified atom stereocenters. The van der Waals surface area contributed by atoms with Crippen LogP contribution in [0.5, 0.6) is 0 Å². The van der Waals surface area contributed by atoms with E-state index in [2.05, 4.69) is 22.6 Å². The van der Waals surface area contributed by atoms with Crippen LogP contribution in [-0.4, -0.2) is 24.0 Å². The van der Waals surface area contributed by atoms with E-state index < -0.39 is 20.8 Å². The number of halogens is 1. The highest BCUT2D eigenvalue weighted by Crippen LogP contribution is 2.16. The summed E-state index contributed by atoms with van der Waals surface area (Å²) in [4.78, 5) is 11.7. The molecule has 0 fully saturated rings. The van der Waals surface area contributed by atoms with Gasteiger partial charge >= 0.3 is 5.76 Å². The van der Waals surface area contributed by atoms with Crippen molar-refractivity contribution < 1.29 is 12.8 Å². The standard InChI is InChI=1S/C12H14INO4S/c1-8(2)19(16,17)6-5-14-10-7-9(13)3-4-11(10)18-12(14)15/h3-4,7-8H,5-6H2,1-2H3. The van der Waals surface area contributed by atoms with Gasteiger partial charge in [0.1, 0.15) is 0 Å². The predicted molar refractivity (Wildman–Crippen MR) is 82.1 cm³/mol. The molecular formula is C12H14INO4S. The topological polar surface area (TPSA) is 69.3 Å². The van der Waals surface area contributed by atoms with Gasteiger partial charge < -0.3 is 4.42 Å². The van der Waals surface area contributed by atoms with Crippen LogP contribution < -0.4 is 5.76 Å². The van der Waals surface area contributed by atoms with Crippen LogP contribution in [0.25, 0.3) is 11.1 Å². The smallest absolute Gasteiger partial charge is 0.408 e. The number of hydrogen-bond donors (Lipinski definition) is 0. The number of oxazole rings is 1. The first-order valence-corrected chi connectivity index (χ1v) is 8.61. The molecule has 0 aliphatic rings. The molecule has 0 atom stereocenters. The summed E-state index contributed by atoms with van der Waals surface area (Å²) in [5.41, 5.74) is 1.11. The summed E-state index contributed by atoms with van der Waals surface area (Å²) >= 11 is 2.13. The van der Waals surface area contributed by atoms with Crippen molar-refractivity contribution in [3.05, 3.63) is 32.3 Å². The molecule has 0 saturated carbocycles. The highest BCUT2D eigenvalue weighted by atomic mass is 127. The van der Waals surface area contributed by atoms with Crippen molar-refractivity contribution in [1.29, 1.82) is 0 Å². The maximum atomic E-state index is 11.8. The van der Waals surface area contributed by atoms with Gasteiger partial charge in [0, 0.05) is 10.1 Å². The number of benzene rings is 1. The van der Waals surface area contributed by atoms with Crippen LogP contribution in [0.4, 0.5) is 0 Å². The van der Waals surface area contributed by atoms with E-state index in [1.807, 2.05) is 12.1 Å². The Bertz CT molecular complexity index is 758. The van der Waals surface area contributed by atoms with Gasteiger partial charge in [0.2, 0.25) is 0 Å². The first kappa shape index (κ1) is 14.6. The number of fused-ring (bicyclic) bond motifs is 1. The lowest BCUT2D eigenvalue weighted by molar-refractivity contribution is 0.510. The Morgan fingerprint density at radius 2 is 2.05 bits per heavy atom. The van der Waals surface area contributed by atoms with Gasteiger partial charge in [0.25, 0.3) is 0 Å². The van der Waals surface area contributed by atoms with Crippen LogP contribution in [-0.2, 0) is 16.4 Å². The summed E-state index contributed by atoms with van der Waals surface area (Å²) in [7, 11) is -3.17. The molecule has 0 aliphatic carbocycles. The van der Waals surface area contributed by atoms with Crippen molar-refractivity contribution in [2.24, 2.45) is 0 Å². The minimum Gasteiger partial charge on any atom is -0.408 e. The van der Waals surface area contributed by atoms with Crippen LogP contribution in [0.2, 0.25) is 0 Å². The van der Waals surface area contributed by atoms with Crippen LogP contribution in [0, 0.1) is 3.57 Å². The molecule has 0 N–H and O–H groups in total. The monoisotopic (exact) mass is 395 g/mol. The van der Waals surface area contributed by atoms with E-state index >= 15 is 0 Å². The van der Waals surface area contributed by atoms with Crippen molar-refractivity contribution in [3.63, 3.8) is 0 Å². The quantitative estimate of drug-likeness (QED) is 0.743. The number of aromatic nitrogens is 1. The van der Waals surface area contributed by atoms with Gasteiger partial charge in [-0.25, -0.2) is 13.2 Å². The Morgan fingerprint density at radius 3 is 2.68 bits per heavy atom. The van der Waals surface area contributed by atoms with E-state index in [0.717, 1.165) is 3.57 Å². The Labute approximate surface area is 124 Å². The second-order valence-corrected chi connectivity index (χ2v) is 8.47. The molecule has 19 heavy (non-hydrogen) atoms. The van der Waals surface area contributed by atoms with E-state index in [4.69, 9.17) is 4.42 Å². The molecule has 2 aromatic rings. The van der Waals surface area contributed by atoms with E-state index in [-0.39, 0.29) is 12.3 Å². The molecule has 7 heteroatoms. The summed E-state index contributed by atoms with van der Waals surface area (Å²) in [6.45, 7) is 3.38. The van der Waals surface area contributed by atoms with Crippen LogP contribution in [0.15, 0.2) is 27.4 Å². The Kier molecular flexibility index (Phi) is 4.05. The second kappa shape index (κ2) is 5.28. The van der Waals surface area contributed by atoms with Crippen molar-refractivity contribution in [1.82, 2.24) is 4.57 Å². The van der Waals surface area contributed by atoms with E-state index in [0.29, 0.717) is 11.1 Å². The van der Waals surface area contributed by atoms with Gasteiger partial charge in [-0.05, 0) is 54.6 Å². The second-order valence-electron chi connectivity index (χ2n) is 4.55. The first-order chi connectivity index (χ1) is 8.81. The van der Waals surface area contributed by atoms with Gasteiger partial charge in [-0.15, -0.1) is 0 Å². The zero-order valence-corrected chi connectivity index (χ0v) is 13.6. The highest BCUT2D eigenvalue weighted by Gasteiger charge is 2.18. The molecule has 0 bridgehead atoms. The lowest BCUT2D eigenvalue weighted by Gasteiger charge is -2.07. The van der Waals surface area contributed by atoms with Crippen molar-refractivity contribution in [3.8, 4) is 0 Å². The largest absolute Gasteiger partial charge is 0.419 e. The molecule has 0 amide bonds. The van der Waals surface area contributed by atoms with Gasteiger partial charge in [-0.3, -0.25) is 4.57 Å². The van der Waals surface area contributed by atoms with Gasteiger partial charge in [-0.2, -0.15) is 0 Å². The molecule has 0 spiro atoms. The van der Waals surface area contributed by atoms with Crippen LogP contribution in [0.3, 0.4) is 0 Å². The Hall–Kier alpha value is -0.830. The molecule has 2 rings (SSSR count). The fourth-order valence-corrected chi connectivity index (χ4v) is 3.08. The molecule has 0 aliphatic heterocycles. The van der Waals surface area contributed by atoms with E-state index in [9.17, 15) is 13.2 Å². The molecule has 1 aromatic carbocycles. The molecule has 0 saturated heterocycles. The number of nitrogens with zero attached hydrogens (tertiary/aromatic N) is 1. The maximum Gasteiger partial charge on any atom is 0.419 e. The summed E-state index contributed by atoms with van der Waals surface area (Å²) < 4.78 is 31.0. The van der Waals surface area contributed by atoms with Crippen LogP contribution >= 0.6 is 22.6 Å². The zero-order chi connectivity index (χ0) is 14.2. The van der Waals surface area contributed by atoms with Crippen molar-refractivity contribution in [2.45, 2.75) is 25.6 Å². The minimum atomic E-state index is -3.17. The van der Waals surface area contributed by atoms with Crippen LogP contribution in [0.1, 0.15) is 13.8 Å². The third-order valence-corrected chi connectivity index (χ3v) is 5.81. The summed E-state index contributed by atoms with van der Waals surface area (Å²) in [6.07, 6.45) is 0. The fourth-order valence-electron chi connectivity index (χ4n) is 1.70. The Balaban J connectivity index is 2.38. The van der Waals surface area contributed by atoms with Gasteiger partial charge in [0.15, 0.2) is 15.4 Å². The average molecular weight is 395 g/mol. The van der Waals surface area contributed by atoms with E-state index in [1.54, 1.807) is 19.9 Å². The normalized spacial score (nSPS) is 12.4. The summed E-state index contributed by atoms with van der Waals surface area (Å²) in [6, 6.07) is 5.36. The molecule has 1 aromatic heterocycles. The first-order valence-electron chi connectivity index (χ1n) is 5.82. The summed E-state index contributed by atoms with van der Waals surface area (Å²) in [5.74, 6) is -0.582. The SMILES string of the molecule is CC(C)S(=O)(=O)CCn1c(=O)oc2ccc(I)cc21. The molecular weight excluding hydrogens is 381 g/mol. The Morgan fingerprint density at radius 1 is 1.37 bits per heavy atom. The van der Waals surface area contributed by atoms with Crippen molar-refractivity contribution >= 4 is 43.5 Å². The fraction of sp³-hybridized carbons (Fsp3) is 0.417. The number of aryl methyl sites for hydroxylation is 1. The lowest BCUT2D eigenvalue weighted by atomic mass is 10.3. The third kappa shape index (κ3) is 3.02. The molecule has 104 valence electrons. The van der Waals surface area contributed by atoms with Gasteiger partial charge in [0.05, 0.1) is 16.5 Å². The zero-order valence-electron chi connectivity index (χ0n) is 10.6. The van der Waals surface area contributed by atoms with Gasteiger partial charge in [-0.1, -0.05) is 0 Å². The molecule has 0 radical (unpaired) electrons. The lowest BCUT2D eigenvalue weighted by Crippen LogP contribution is -2.24. The molecule has 5 nitrogen and oxygen atoms in total. The highest BCUT2D eigenvalue weighted by molar-refractivity contribution is 14.1.